The van der Waals surface area contributed by atoms with E-state index in [-0.39, 0.29) is 56.6 Å². The van der Waals surface area contributed by atoms with E-state index >= 15 is 0 Å². The Labute approximate surface area is 157 Å². The van der Waals surface area contributed by atoms with Gasteiger partial charge in [-0.05, 0) is 51.9 Å². The van der Waals surface area contributed by atoms with Gasteiger partial charge in [0.1, 0.15) is 0 Å². The van der Waals surface area contributed by atoms with E-state index in [1.54, 1.807) is 0 Å². The second-order valence-corrected chi connectivity index (χ2v) is 4.80. The molecule has 0 aromatic carbocycles. The maximum absolute atomic E-state index is 3.84. The van der Waals surface area contributed by atoms with Crippen molar-refractivity contribution in [2.24, 2.45) is 0 Å². The summed E-state index contributed by atoms with van der Waals surface area (Å²) in [7, 11) is 0. The third-order valence-electron chi connectivity index (χ3n) is 3.53. The molecule has 0 unspecified atom stereocenters. The van der Waals surface area contributed by atoms with Crippen LogP contribution in [-0.2, 0) is 0 Å². The number of rotatable bonds is 2. The van der Waals surface area contributed by atoms with Crippen molar-refractivity contribution >= 4 is 18.9 Å². The van der Waals surface area contributed by atoms with Crippen LogP contribution in [0, 0.1) is 13.8 Å². The van der Waals surface area contributed by atoms with Crippen LogP contribution in [0.15, 0.2) is 0 Å². The molecule has 0 aromatic heterocycles. The largest absolute Gasteiger partial charge is 1.00 e. The van der Waals surface area contributed by atoms with Crippen LogP contribution in [-0.4, -0.2) is 67.9 Å². The minimum Gasteiger partial charge on any atom is -0.333 e. The SMILES string of the molecule is [CH2-]CN1CCCCC1.[CH2-]CN1CCCCC1.[Li+].[Li+].[Li]. The second kappa shape index (κ2) is 17.8. The fourth-order valence-electron chi connectivity index (χ4n) is 2.37. The summed E-state index contributed by atoms with van der Waals surface area (Å²) in [5.74, 6) is 0. The molecule has 0 aromatic rings. The Balaban J connectivity index is -0.000000233. The number of likely N-dealkylation sites (tertiary alicyclic amines) is 2. The average molecular weight is 245 g/mol. The topological polar surface area (TPSA) is 6.48 Å². The van der Waals surface area contributed by atoms with Crippen molar-refractivity contribution in [3.8, 4) is 0 Å². The standard InChI is InChI=1S/2C7H14N.3Li/c2*1-2-8-6-4-3-5-7-8;;;/h2*1-7H2;;;/q2*-1;;2*+1. The summed E-state index contributed by atoms with van der Waals surface area (Å²) in [6.45, 7) is 14.8. The van der Waals surface area contributed by atoms with Gasteiger partial charge in [0.2, 0.25) is 0 Å². The van der Waals surface area contributed by atoms with Gasteiger partial charge < -0.3 is 23.6 Å². The molecule has 0 aliphatic carbocycles. The minimum absolute atomic E-state index is 0. The normalized spacial score (nSPS) is 19.9. The van der Waals surface area contributed by atoms with Gasteiger partial charge in [0, 0.05) is 18.9 Å². The fraction of sp³-hybridized carbons (Fsp3) is 0.857. The molecule has 2 saturated heterocycles. The first kappa shape index (κ1) is 25.7. The smallest absolute Gasteiger partial charge is 0.333 e. The van der Waals surface area contributed by atoms with Gasteiger partial charge in [-0.15, -0.1) is 13.1 Å². The van der Waals surface area contributed by atoms with E-state index in [2.05, 4.69) is 23.6 Å². The van der Waals surface area contributed by atoms with E-state index in [0.29, 0.717) is 0 Å². The summed E-state index contributed by atoms with van der Waals surface area (Å²) >= 11 is 0. The zero-order valence-corrected chi connectivity index (χ0v) is 13.8. The van der Waals surface area contributed by atoms with E-state index in [1.165, 1.54) is 64.7 Å². The quantitative estimate of drug-likeness (QED) is 0.364. The summed E-state index contributed by atoms with van der Waals surface area (Å²) in [6, 6.07) is 0. The van der Waals surface area contributed by atoms with Gasteiger partial charge in [0.25, 0.3) is 0 Å². The molecular formula is C14H28Li3N2. The van der Waals surface area contributed by atoms with Gasteiger partial charge >= 0.3 is 37.7 Å². The van der Waals surface area contributed by atoms with Crippen molar-refractivity contribution in [2.45, 2.75) is 38.5 Å². The van der Waals surface area contributed by atoms with Crippen molar-refractivity contribution in [3.63, 3.8) is 0 Å². The average Bonchev–Trinajstić information content (AvgIpc) is 2.41. The van der Waals surface area contributed by atoms with Crippen molar-refractivity contribution in [1.82, 2.24) is 9.80 Å². The zero-order valence-electron chi connectivity index (χ0n) is 13.8. The van der Waals surface area contributed by atoms with Crippen LogP contribution in [0.25, 0.3) is 0 Å². The Hall–Kier alpha value is 1.71. The molecule has 19 heavy (non-hydrogen) atoms. The van der Waals surface area contributed by atoms with Crippen molar-refractivity contribution in [1.29, 1.82) is 0 Å². The Morgan fingerprint density at radius 2 is 0.842 bits per heavy atom. The molecule has 0 atom stereocenters. The Kier molecular flexibility index (Phi) is 24.0. The zero-order chi connectivity index (χ0) is 11.6. The molecule has 1 radical (unpaired) electrons. The Morgan fingerprint density at radius 3 is 1.00 bits per heavy atom. The number of piperidine rings is 2. The van der Waals surface area contributed by atoms with Crippen molar-refractivity contribution in [3.05, 3.63) is 13.8 Å². The number of hydrogen-bond donors (Lipinski definition) is 0. The third kappa shape index (κ3) is 13.1. The first-order chi connectivity index (χ1) is 7.86. The molecule has 0 saturated carbocycles. The van der Waals surface area contributed by atoms with Crippen LogP contribution in [0.3, 0.4) is 0 Å². The molecular weight excluding hydrogens is 217 g/mol. The second-order valence-electron chi connectivity index (χ2n) is 4.80. The Morgan fingerprint density at radius 1 is 0.579 bits per heavy atom. The van der Waals surface area contributed by atoms with Gasteiger partial charge in [-0.2, -0.15) is 0 Å². The van der Waals surface area contributed by atoms with Crippen LogP contribution in [0.5, 0.6) is 0 Å². The molecule has 2 aliphatic heterocycles. The Bertz CT molecular complexity index is 141. The summed E-state index contributed by atoms with van der Waals surface area (Å²) in [5.41, 5.74) is 0. The molecule has 0 bridgehead atoms. The van der Waals surface area contributed by atoms with Gasteiger partial charge in [0.05, 0.1) is 0 Å². The predicted molar refractivity (Wildman–Crippen MR) is 77.1 cm³/mol. The van der Waals surface area contributed by atoms with Crippen molar-refractivity contribution < 1.29 is 37.7 Å². The van der Waals surface area contributed by atoms with Gasteiger partial charge in [-0.25, -0.2) is 0 Å². The molecule has 2 aliphatic rings. The van der Waals surface area contributed by atoms with Gasteiger partial charge in [-0.3, -0.25) is 0 Å². The molecule has 2 nitrogen and oxygen atoms in total. The fourth-order valence-corrected chi connectivity index (χ4v) is 2.37. The molecule has 2 fully saturated rings. The maximum atomic E-state index is 3.84. The summed E-state index contributed by atoms with van der Waals surface area (Å²) in [5, 5.41) is 0. The molecule has 0 spiro atoms. The van der Waals surface area contributed by atoms with Crippen LogP contribution < -0.4 is 37.7 Å². The molecule has 2 rings (SSSR count). The number of hydrogen-bond acceptors (Lipinski definition) is 2. The van der Waals surface area contributed by atoms with E-state index in [4.69, 9.17) is 0 Å². The molecule has 97 valence electrons. The van der Waals surface area contributed by atoms with Gasteiger partial charge in [0.15, 0.2) is 0 Å². The molecule has 5 heteroatoms. The summed E-state index contributed by atoms with van der Waals surface area (Å²) < 4.78 is 0. The minimum atomic E-state index is 0. The van der Waals surface area contributed by atoms with Gasteiger partial charge in [-0.1, -0.05) is 12.8 Å². The van der Waals surface area contributed by atoms with E-state index < -0.39 is 0 Å². The third-order valence-corrected chi connectivity index (χ3v) is 3.53. The van der Waals surface area contributed by atoms with E-state index in [9.17, 15) is 0 Å². The van der Waals surface area contributed by atoms with E-state index in [1.807, 2.05) is 0 Å². The maximum Gasteiger partial charge on any atom is 1.00 e. The first-order valence-electron chi connectivity index (χ1n) is 6.90. The van der Waals surface area contributed by atoms with Crippen LogP contribution >= 0.6 is 0 Å². The van der Waals surface area contributed by atoms with Crippen LogP contribution in [0.1, 0.15) is 38.5 Å². The number of nitrogens with zero attached hydrogens (tertiary/aromatic N) is 2. The summed E-state index contributed by atoms with van der Waals surface area (Å²) in [4.78, 5) is 4.81. The monoisotopic (exact) mass is 245 g/mol. The first-order valence-corrected chi connectivity index (χ1v) is 6.90. The van der Waals surface area contributed by atoms with Crippen molar-refractivity contribution in [2.75, 3.05) is 39.3 Å². The van der Waals surface area contributed by atoms with E-state index in [0.717, 1.165) is 13.1 Å². The molecule has 2 heterocycles. The molecule has 0 N–H and O–H groups in total. The van der Waals surface area contributed by atoms with Crippen LogP contribution in [0.2, 0.25) is 0 Å². The summed E-state index contributed by atoms with van der Waals surface area (Å²) in [6.07, 6.45) is 8.39. The predicted octanol–water partition coefficient (Wildman–Crippen LogP) is -3.76. The van der Waals surface area contributed by atoms with Crippen LogP contribution in [0.4, 0.5) is 0 Å². The molecule has 0 amide bonds.